The third-order valence-electron chi connectivity index (χ3n) is 5.72. The van der Waals surface area contributed by atoms with Crippen molar-refractivity contribution < 1.29 is 5.11 Å². The lowest BCUT2D eigenvalue weighted by Gasteiger charge is -2.37. The van der Waals surface area contributed by atoms with Gasteiger partial charge in [0.05, 0.1) is 5.69 Å². The summed E-state index contributed by atoms with van der Waals surface area (Å²) in [6.45, 7) is 5.33. The summed E-state index contributed by atoms with van der Waals surface area (Å²) >= 11 is 1.58. The highest BCUT2D eigenvalue weighted by Gasteiger charge is 2.19. The van der Waals surface area contributed by atoms with Gasteiger partial charge in [-0.15, -0.1) is 0 Å². The smallest absolute Gasteiger partial charge is 0.222 e. The van der Waals surface area contributed by atoms with Gasteiger partial charge in [0.15, 0.2) is 5.17 Å². The molecule has 8 heteroatoms. The molecule has 1 unspecified atom stereocenters. The molecule has 1 atom stereocenters. The highest BCUT2D eigenvalue weighted by Crippen LogP contribution is 2.26. The molecule has 5 N–H and O–H groups in total. The number of guanidine groups is 1. The lowest BCUT2D eigenvalue weighted by molar-refractivity contribution is 0.0153. The molecule has 0 bridgehead atoms. The van der Waals surface area contributed by atoms with Crippen LogP contribution in [0.3, 0.4) is 0 Å². The number of thioether (sulfide) groups is 1. The molecule has 0 spiro atoms. The molecule has 160 valence electrons. The normalized spacial score (nSPS) is 21.4. The molecule has 0 radical (unpaired) electrons. The second kappa shape index (κ2) is 10.8. The predicted octanol–water partition coefficient (Wildman–Crippen LogP) is 2.72. The Bertz CT molecular complexity index is 692. The SMILES string of the molecule is CC(O)N1CCN(c2ccc(N=C(N)/N=C(\N)SCC3CCCCC3)cc2)CC1. The first-order chi connectivity index (χ1) is 14.0. The number of rotatable bonds is 5. The summed E-state index contributed by atoms with van der Waals surface area (Å²) in [4.78, 5) is 13.0. The van der Waals surface area contributed by atoms with E-state index in [4.69, 9.17) is 11.5 Å². The molecular weight excluding hydrogens is 384 g/mol. The van der Waals surface area contributed by atoms with E-state index < -0.39 is 0 Å². The molecule has 1 heterocycles. The Labute approximate surface area is 178 Å². The summed E-state index contributed by atoms with van der Waals surface area (Å²) in [5.41, 5.74) is 13.9. The molecule has 1 aromatic carbocycles. The zero-order valence-electron chi connectivity index (χ0n) is 17.3. The van der Waals surface area contributed by atoms with E-state index >= 15 is 0 Å². The van der Waals surface area contributed by atoms with Crippen molar-refractivity contribution in [3.05, 3.63) is 24.3 Å². The predicted molar refractivity (Wildman–Crippen MR) is 124 cm³/mol. The first-order valence-corrected chi connectivity index (χ1v) is 11.6. The van der Waals surface area contributed by atoms with Crippen LogP contribution >= 0.6 is 11.8 Å². The number of piperazine rings is 1. The topological polar surface area (TPSA) is 103 Å². The molecule has 1 saturated heterocycles. The highest BCUT2D eigenvalue weighted by atomic mass is 32.2. The molecule has 1 aliphatic carbocycles. The van der Waals surface area contributed by atoms with Crippen LogP contribution in [-0.4, -0.2) is 59.3 Å². The molecule has 0 amide bonds. The summed E-state index contributed by atoms with van der Waals surface area (Å²) in [6, 6.07) is 8.00. The van der Waals surface area contributed by atoms with Crippen LogP contribution in [0.5, 0.6) is 0 Å². The Kier molecular flexibility index (Phi) is 8.20. The maximum atomic E-state index is 9.68. The molecule has 0 aromatic heterocycles. The standard InChI is InChI=1S/C21H34N6OS/c1-16(28)26-11-13-27(14-12-26)19-9-7-18(8-10-19)24-20(22)25-21(23)29-15-17-5-3-2-4-6-17/h7-10,16-17,28H,2-6,11-15H2,1H3,(H4,22,23,24,25). The average molecular weight is 419 g/mol. The van der Waals surface area contributed by atoms with Crippen molar-refractivity contribution in [1.29, 1.82) is 0 Å². The maximum absolute atomic E-state index is 9.68. The molecular formula is C21H34N6OS. The van der Waals surface area contributed by atoms with E-state index in [1.165, 1.54) is 32.1 Å². The lowest BCUT2D eigenvalue weighted by atomic mass is 9.91. The minimum Gasteiger partial charge on any atom is -0.379 e. The average Bonchev–Trinajstić information content (AvgIpc) is 2.73. The first-order valence-electron chi connectivity index (χ1n) is 10.6. The van der Waals surface area contributed by atoms with Gasteiger partial charge in [-0.1, -0.05) is 31.0 Å². The number of aliphatic hydroxyl groups excluding tert-OH is 1. The van der Waals surface area contributed by atoms with Gasteiger partial charge in [0.1, 0.15) is 6.23 Å². The van der Waals surface area contributed by atoms with Gasteiger partial charge in [0.2, 0.25) is 5.96 Å². The highest BCUT2D eigenvalue weighted by molar-refractivity contribution is 8.13. The number of aliphatic imine (C=N–C) groups is 2. The number of benzene rings is 1. The van der Waals surface area contributed by atoms with E-state index in [1.54, 1.807) is 11.8 Å². The van der Waals surface area contributed by atoms with E-state index in [9.17, 15) is 5.11 Å². The summed E-state index contributed by atoms with van der Waals surface area (Å²) in [7, 11) is 0. The Morgan fingerprint density at radius 1 is 1.10 bits per heavy atom. The number of aliphatic hydroxyl groups is 1. The largest absolute Gasteiger partial charge is 0.379 e. The molecule has 2 fully saturated rings. The van der Waals surface area contributed by atoms with Crippen LogP contribution < -0.4 is 16.4 Å². The van der Waals surface area contributed by atoms with Gasteiger partial charge < -0.3 is 21.5 Å². The zero-order valence-corrected chi connectivity index (χ0v) is 18.2. The first kappa shape index (κ1) is 21.9. The molecule has 2 aliphatic rings. The quantitative estimate of drug-likeness (QED) is 0.502. The monoisotopic (exact) mass is 418 g/mol. The Balaban J connectivity index is 1.50. The maximum Gasteiger partial charge on any atom is 0.222 e. The van der Waals surface area contributed by atoms with Crippen molar-refractivity contribution in [2.45, 2.75) is 45.3 Å². The van der Waals surface area contributed by atoms with Crippen LogP contribution in [0.25, 0.3) is 0 Å². The summed E-state index contributed by atoms with van der Waals surface area (Å²) < 4.78 is 0. The minimum absolute atomic E-state index is 0.192. The number of nitrogens with two attached hydrogens (primary N) is 2. The Hall–Kier alpha value is -1.77. The van der Waals surface area contributed by atoms with Crippen molar-refractivity contribution >= 4 is 34.3 Å². The molecule has 7 nitrogen and oxygen atoms in total. The van der Waals surface area contributed by atoms with Gasteiger partial charge in [-0.25, -0.2) is 4.99 Å². The van der Waals surface area contributed by atoms with E-state index in [0.717, 1.165) is 49.2 Å². The van der Waals surface area contributed by atoms with Crippen LogP contribution in [0.15, 0.2) is 34.3 Å². The number of anilines is 1. The van der Waals surface area contributed by atoms with Gasteiger partial charge in [-0.2, -0.15) is 4.99 Å². The van der Waals surface area contributed by atoms with Crippen molar-refractivity contribution in [2.24, 2.45) is 27.4 Å². The summed E-state index contributed by atoms with van der Waals surface area (Å²) in [5, 5.41) is 10.2. The fourth-order valence-corrected chi connectivity index (χ4v) is 4.85. The number of hydrogen-bond donors (Lipinski definition) is 3. The van der Waals surface area contributed by atoms with Gasteiger partial charge in [0.25, 0.3) is 0 Å². The third-order valence-corrected chi connectivity index (χ3v) is 6.74. The van der Waals surface area contributed by atoms with E-state index in [2.05, 4.69) is 31.9 Å². The number of amidine groups is 1. The molecule has 1 aliphatic heterocycles. The summed E-state index contributed by atoms with van der Waals surface area (Å²) in [6.07, 6.45) is 6.23. The Morgan fingerprint density at radius 2 is 1.76 bits per heavy atom. The van der Waals surface area contributed by atoms with E-state index in [0.29, 0.717) is 5.17 Å². The van der Waals surface area contributed by atoms with Crippen LogP contribution in [0.2, 0.25) is 0 Å². The molecule has 1 saturated carbocycles. The fourth-order valence-electron chi connectivity index (χ4n) is 3.95. The molecule has 3 rings (SSSR count). The third kappa shape index (κ3) is 6.90. The van der Waals surface area contributed by atoms with Gasteiger partial charge in [-0.05, 0) is 49.9 Å². The van der Waals surface area contributed by atoms with E-state index in [-0.39, 0.29) is 12.2 Å². The number of nitrogens with zero attached hydrogens (tertiary/aromatic N) is 4. The lowest BCUT2D eigenvalue weighted by Crippen LogP contribution is -2.49. The van der Waals surface area contributed by atoms with E-state index in [1.807, 2.05) is 19.1 Å². The molecule has 29 heavy (non-hydrogen) atoms. The van der Waals surface area contributed by atoms with Crippen molar-refractivity contribution in [3.8, 4) is 0 Å². The van der Waals surface area contributed by atoms with Crippen molar-refractivity contribution in [2.75, 3.05) is 36.8 Å². The Morgan fingerprint density at radius 3 is 2.38 bits per heavy atom. The van der Waals surface area contributed by atoms with Gasteiger partial charge in [-0.3, -0.25) is 4.90 Å². The summed E-state index contributed by atoms with van der Waals surface area (Å²) in [5.74, 6) is 1.95. The second-order valence-corrected chi connectivity index (χ2v) is 8.95. The van der Waals surface area contributed by atoms with Gasteiger partial charge in [0, 0.05) is 37.6 Å². The second-order valence-electron chi connectivity index (χ2n) is 7.91. The fraction of sp³-hybridized carbons (Fsp3) is 0.619. The number of hydrogen-bond acceptors (Lipinski definition) is 5. The van der Waals surface area contributed by atoms with Crippen LogP contribution in [-0.2, 0) is 0 Å². The van der Waals surface area contributed by atoms with Crippen molar-refractivity contribution in [1.82, 2.24) is 4.90 Å². The minimum atomic E-state index is -0.384. The van der Waals surface area contributed by atoms with Crippen LogP contribution in [0.1, 0.15) is 39.0 Å². The molecule has 1 aromatic rings. The zero-order chi connectivity index (χ0) is 20.6. The van der Waals surface area contributed by atoms with Crippen LogP contribution in [0.4, 0.5) is 11.4 Å². The van der Waals surface area contributed by atoms with Gasteiger partial charge >= 0.3 is 0 Å². The van der Waals surface area contributed by atoms with Crippen LogP contribution in [0, 0.1) is 5.92 Å². The van der Waals surface area contributed by atoms with Crippen molar-refractivity contribution in [3.63, 3.8) is 0 Å².